The second kappa shape index (κ2) is 12.6. The van der Waals surface area contributed by atoms with E-state index < -0.39 is 6.55 Å². The molecule has 0 aliphatic heterocycles. The lowest BCUT2D eigenvalue weighted by atomic mass is 10.2. The van der Waals surface area contributed by atoms with Crippen LogP contribution in [0.25, 0.3) is 0 Å². The number of guanidine groups is 1. The maximum absolute atomic E-state index is 12.8. The fourth-order valence-electron chi connectivity index (χ4n) is 2.32. The molecule has 1 aromatic carbocycles. The largest absolute Gasteiger partial charge is 0.376 e. The first-order valence-electron chi connectivity index (χ1n) is 8.46. The van der Waals surface area contributed by atoms with Crippen molar-refractivity contribution >= 4 is 29.9 Å². The number of hydrogen-bond donors (Lipinski definition) is 2. The van der Waals surface area contributed by atoms with Gasteiger partial charge in [0.1, 0.15) is 5.82 Å². The average molecular weight is 493 g/mol. The van der Waals surface area contributed by atoms with Crippen molar-refractivity contribution in [3.63, 3.8) is 0 Å². The normalized spacial score (nSPS) is 12.6. The number of nitrogens with one attached hydrogen (secondary N) is 2. The maximum atomic E-state index is 12.8. The summed E-state index contributed by atoms with van der Waals surface area (Å²) in [7, 11) is 1.63. The first-order valence-corrected chi connectivity index (χ1v) is 8.46. The highest BCUT2D eigenvalue weighted by molar-refractivity contribution is 14.0. The van der Waals surface area contributed by atoms with E-state index in [1.165, 1.54) is 12.4 Å². The van der Waals surface area contributed by atoms with Crippen molar-refractivity contribution < 1.29 is 13.5 Å². The Bertz CT molecular complexity index is 681. The third kappa shape index (κ3) is 8.21. The highest BCUT2D eigenvalue weighted by Gasteiger charge is 2.11. The topological polar surface area (TPSA) is 63.5 Å². The molecule has 0 bridgehead atoms. The molecular weight excluding hydrogens is 467 g/mol. The van der Waals surface area contributed by atoms with Crippen LogP contribution < -0.4 is 10.6 Å². The third-order valence-electron chi connectivity index (χ3n) is 3.73. The van der Waals surface area contributed by atoms with Crippen LogP contribution in [-0.4, -0.2) is 35.7 Å². The standard InChI is InChI=1S/C18H25F2N5O.HI/c1-14(12-26-13-15-6-4-3-5-7-15)10-23-18(21-2)24-11-16-22-8-9-25(16)17(19)20;/h3-9,14,17H,10-13H2,1-2H3,(H2,21,23,24);1H. The lowest BCUT2D eigenvalue weighted by molar-refractivity contribution is 0.0668. The van der Waals surface area contributed by atoms with E-state index in [2.05, 4.69) is 27.5 Å². The zero-order valence-electron chi connectivity index (χ0n) is 15.4. The van der Waals surface area contributed by atoms with Gasteiger partial charge >= 0.3 is 6.55 Å². The van der Waals surface area contributed by atoms with E-state index in [0.717, 1.165) is 10.1 Å². The number of benzene rings is 1. The summed E-state index contributed by atoms with van der Waals surface area (Å²) in [5.41, 5.74) is 1.14. The second-order valence-corrected chi connectivity index (χ2v) is 5.94. The number of halogens is 3. The highest BCUT2D eigenvalue weighted by atomic mass is 127. The molecule has 1 heterocycles. The molecule has 9 heteroatoms. The molecule has 0 saturated carbocycles. The van der Waals surface area contributed by atoms with Crippen molar-refractivity contribution in [3.8, 4) is 0 Å². The number of aliphatic imine (C=N–C) groups is 1. The summed E-state index contributed by atoms with van der Waals surface area (Å²) in [4.78, 5) is 8.02. The number of hydrogen-bond acceptors (Lipinski definition) is 3. The van der Waals surface area contributed by atoms with Crippen LogP contribution in [0, 0.1) is 5.92 Å². The minimum absolute atomic E-state index is 0. The van der Waals surface area contributed by atoms with Crippen molar-refractivity contribution in [2.45, 2.75) is 26.6 Å². The van der Waals surface area contributed by atoms with Gasteiger partial charge in [-0.3, -0.25) is 9.56 Å². The van der Waals surface area contributed by atoms with Crippen molar-refractivity contribution in [1.29, 1.82) is 0 Å². The van der Waals surface area contributed by atoms with Crippen molar-refractivity contribution in [3.05, 3.63) is 54.1 Å². The molecule has 0 spiro atoms. The van der Waals surface area contributed by atoms with Gasteiger partial charge in [0, 0.05) is 26.0 Å². The zero-order chi connectivity index (χ0) is 18.8. The van der Waals surface area contributed by atoms with E-state index in [0.29, 0.717) is 25.7 Å². The molecule has 0 radical (unpaired) electrons. The van der Waals surface area contributed by atoms with Gasteiger partial charge in [0.25, 0.3) is 0 Å². The molecule has 1 unspecified atom stereocenters. The molecule has 150 valence electrons. The Hall–Kier alpha value is -1.75. The summed E-state index contributed by atoms with van der Waals surface area (Å²) < 4.78 is 32.1. The summed E-state index contributed by atoms with van der Waals surface area (Å²) >= 11 is 0. The van der Waals surface area contributed by atoms with Crippen LogP contribution in [0.1, 0.15) is 24.9 Å². The molecule has 0 aliphatic rings. The highest BCUT2D eigenvalue weighted by Crippen LogP contribution is 2.11. The Morgan fingerprint density at radius 1 is 1.26 bits per heavy atom. The van der Waals surface area contributed by atoms with E-state index in [1.807, 2.05) is 30.3 Å². The molecule has 2 N–H and O–H groups in total. The van der Waals surface area contributed by atoms with Gasteiger partial charge in [0.05, 0.1) is 19.8 Å². The Balaban J connectivity index is 0.00000364. The van der Waals surface area contributed by atoms with Gasteiger partial charge in [-0.1, -0.05) is 37.3 Å². The zero-order valence-corrected chi connectivity index (χ0v) is 17.8. The lowest BCUT2D eigenvalue weighted by Crippen LogP contribution is -2.40. The third-order valence-corrected chi connectivity index (χ3v) is 3.73. The maximum Gasteiger partial charge on any atom is 0.319 e. The summed E-state index contributed by atoms with van der Waals surface area (Å²) in [6, 6.07) is 10.00. The van der Waals surface area contributed by atoms with Crippen LogP contribution in [0.5, 0.6) is 0 Å². The molecule has 6 nitrogen and oxygen atoms in total. The van der Waals surface area contributed by atoms with Crippen LogP contribution in [0.4, 0.5) is 8.78 Å². The first-order chi connectivity index (χ1) is 12.6. The number of nitrogens with zero attached hydrogens (tertiary/aromatic N) is 3. The van der Waals surface area contributed by atoms with Gasteiger partial charge in [0.15, 0.2) is 5.96 Å². The van der Waals surface area contributed by atoms with Crippen LogP contribution in [0.15, 0.2) is 47.7 Å². The average Bonchev–Trinajstić information content (AvgIpc) is 3.12. The number of rotatable bonds is 9. The van der Waals surface area contributed by atoms with Crippen molar-refractivity contribution in [2.75, 3.05) is 20.2 Å². The summed E-state index contributed by atoms with van der Waals surface area (Å²) in [5.74, 6) is 1.05. The van der Waals surface area contributed by atoms with Crippen LogP contribution in [0.3, 0.4) is 0 Å². The number of aromatic nitrogens is 2. The Morgan fingerprint density at radius 2 is 2.00 bits per heavy atom. The van der Waals surface area contributed by atoms with Crippen molar-refractivity contribution in [1.82, 2.24) is 20.2 Å². The molecule has 0 amide bonds. The molecular formula is C18H26F2IN5O. The van der Waals surface area contributed by atoms with Gasteiger partial charge < -0.3 is 15.4 Å². The smallest absolute Gasteiger partial charge is 0.319 e. The monoisotopic (exact) mass is 493 g/mol. The molecule has 0 saturated heterocycles. The predicted molar refractivity (Wildman–Crippen MR) is 112 cm³/mol. The number of alkyl halides is 2. The first kappa shape index (κ1) is 23.3. The van der Waals surface area contributed by atoms with E-state index in [1.54, 1.807) is 7.05 Å². The van der Waals surface area contributed by atoms with Gasteiger partial charge in [-0.05, 0) is 11.5 Å². The summed E-state index contributed by atoms with van der Waals surface area (Å²) in [6.07, 6.45) is 2.61. The van der Waals surface area contributed by atoms with E-state index in [4.69, 9.17) is 4.74 Å². The van der Waals surface area contributed by atoms with E-state index in [9.17, 15) is 8.78 Å². The Labute approximate surface area is 175 Å². The summed E-state index contributed by atoms with van der Waals surface area (Å²) in [6.45, 7) is 1.46. The molecule has 0 fully saturated rings. The number of imidazole rings is 1. The number of ether oxygens (including phenoxy) is 1. The SMILES string of the molecule is CN=C(NCc1nccn1C(F)F)NCC(C)COCc1ccccc1.I. The predicted octanol–water partition coefficient (Wildman–Crippen LogP) is 3.41. The van der Waals surface area contributed by atoms with Crippen LogP contribution in [-0.2, 0) is 17.9 Å². The van der Waals surface area contributed by atoms with Gasteiger partial charge in [-0.25, -0.2) is 4.98 Å². The van der Waals surface area contributed by atoms with Gasteiger partial charge in [-0.2, -0.15) is 8.78 Å². The quantitative estimate of drug-likeness (QED) is 0.320. The molecule has 2 rings (SSSR count). The van der Waals surface area contributed by atoms with E-state index >= 15 is 0 Å². The Kier molecular flexibility index (Phi) is 10.9. The van der Waals surface area contributed by atoms with Crippen LogP contribution >= 0.6 is 24.0 Å². The summed E-state index contributed by atoms with van der Waals surface area (Å²) in [5, 5.41) is 6.15. The van der Waals surface area contributed by atoms with Crippen molar-refractivity contribution in [2.24, 2.45) is 10.9 Å². The molecule has 27 heavy (non-hydrogen) atoms. The minimum Gasteiger partial charge on any atom is -0.376 e. The van der Waals surface area contributed by atoms with Gasteiger partial charge in [0.2, 0.25) is 0 Å². The van der Waals surface area contributed by atoms with E-state index in [-0.39, 0.29) is 42.3 Å². The molecule has 0 aliphatic carbocycles. The minimum atomic E-state index is -2.61. The van der Waals surface area contributed by atoms with Crippen LogP contribution in [0.2, 0.25) is 0 Å². The van der Waals surface area contributed by atoms with Gasteiger partial charge in [-0.15, -0.1) is 24.0 Å². The molecule has 1 atom stereocenters. The fraction of sp³-hybridized carbons (Fsp3) is 0.444. The lowest BCUT2D eigenvalue weighted by Gasteiger charge is -2.16. The fourth-order valence-corrected chi connectivity index (χ4v) is 2.32. The Morgan fingerprint density at radius 3 is 2.67 bits per heavy atom. The molecule has 2 aromatic rings. The molecule has 1 aromatic heterocycles. The second-order valence-electron chi connectivity index (χ2n) is 5.94.